The van der Waals surface area contributed by atoms with Crippen LogP contribution >= 0.6 is 11.3 Å². The highest BCUT2D eigenvalue weighted by Gasteiger charge is 2.46. The zero-order valence-electron chi connectivity index (χ0n) is 19.8. The Balaban J connectivity index is 1.90. The van der Waals surface area contributed by atoms with Crippen molar-refractivity contribution in [3.8, 4) is 0 Å². The SMILES string of the molecule is CCCN(C(=O)[C@H]1c2ccccc2C(=O)N(CC(C)C)[C@@H]1c1cccs1)c1ccccc1C. The van der Waals surface area contributed by atoms with E-state index in [0.717, 1.165) is 28.1 Å². The molecule has 0 saturated heterocycles. The molecule has 2 heterocycles. The molecule has 0 spiro atoms. The van der Waals surface area contributed by atoms with Gasteiger partial charge in [0.15, 0.2) is 0 Å². The first kappa shape index (κ1) is 23.2. The lowest BCUT2D eigenvalue weighted by atomic mass is 9.80. The van der Waals surface area contributed by atoms with E-state index in [0.29, 0.717) is 24.6 Å². The van der Waals surface area contributed by atoms with E-state index in [9.17, 15) is 9.59 Å². The van der Waals surface area contributed by atoms with Crippen molar-refractivity contribution in [1.29, 1.82) is 0 Å². The number of fused-ring (bicyclic) bond motifs is 1. The minimum absolute atomic E-state index is 0.0136. The molecular formula is C28H32N2O2S. The van der Waals surface area contributed by atoms with Crippen LogP contribution in [0.3, 0.4) is 0 Å². The molecule has 0 fully saturated rings. The van der Waals surface area contributed by atoms with Gasteiger partial charge in [0.2, 0.25) is 5.91 Å². The third-order valence-electron chi connectivity index (χ3n) is 6.22. The third-order valence-corrected chi connectivity index (χ3v) is 7.16. The second kappa shape index (κ2) is 9.92. The number of hydrogen-bond acceptors (Lipinski definition) is 3. The molecule has 0 bridgehead atoms. The number of anilines is 1. The van der Waals surface area contributed by atoms with Gasteiger partial charge in [0.1, 0.15) is 0 Å². The minimum atomic E-state index is -0.456. The van der Waals surface area contributed by atoms with Crippen LogP contribution in [-0.4, -0.2) is 29.8 Å². The van der Waals surface area contributed by atoms with E-state index in [4.69, 9.17) is 0 Å². The van der Waals surface area contributed by atoms with Gasteiger partial charge in [0.05, 0.1) is 12.0 Å². The van der Waals surface area contributed by atoms with Crippen LogP contribution in [0.5, 0.6) is 0 Å². The van der Waals surface area contributed by atoms with E-state index in [1.54, 1.807) is 11.3 Å². The predicted octanol–water partition coefficient (Wildman–Crippen LogP) is 6.44. The molecular weight excluding hydrogens is 428 g/mol. The molecule has 4 nitrogen and oxygen atoms in total. The fourth-order valence-corrected chi connectivity index (χ4v) is 5.71. The Hall–Kier alpha value is -2.92. The van der Waals surface area contributed by atoms with Gasteiger partial charge in [-0.25, -0.2) is 0 Å². The van der Waals surface area contributed by atoms with Crippen molar-refractivity contribution in [2.45, 2.75) is 46.1 Å². The Kier molecular flexibility index (Phi) is 6.99. The molecule has 2 amide bonds. The quantitative estimate of drug-likeness (QED) is 0.407. The van der Waals surface area contributed by atoms with Crippen molar-refractivity contribution in [2.75, 3.05) is 18.0 Å². The molecule has 5 heteroatoms. The molecule has 0 radical (unpaired) electrons. The van der Waals surface area contributed by atoms with Crippen LogP contribution in [0.25, 0.3) is 0 Å². The molecule has 2 atom stereocenters. The summed E-state index contributed by atoms with van der Waals surface area (Å²) in [7, 11) is 0. The van der Waals surface area contributed by atoms with Crippen LogP contribution in [0, 0.1) is 12.8 Å². The lowest BCUT2D eigenvalue weighted by Gasteiger charge is -2.43. The van der Waals surface area contributed by atoms with E-state index >= 15 is 0 Å². The number of para-hydroxylation sites is 1. The van der Waals surface area contributed by atoms with Gasteiger partial charge in [0, 0.05) is 29.2 Å². The molecule has 4 rings (SSSR count). The lowest BCUT2D eigenvalue weighted by Crippen LogP contribution is -2.49. The average molecular weight is 461 g/mol. The largest absolute Gasteiger partial charge is 0.329 e. The fourth-order valence-electron chi connectivity index (χ4n) is 4.84. The second-order valence-corrected chi connectivity index (χ2v) is 10.1. The lowest BCUT2D eigenvalue weighted by molar-refractivity contribution is -0.121. The van der Waals surface area contributed by atoms with Gasteiger partial charge in [-0.15, -0.1) is 11.3 Å². The molecule has 33 heavy (non-hydrogen) atoms. The van der Waals surface area contributed by atoms with Gasteiger partial charge in [-0.3, -0.25) is 9.59 Å². The molecule has 172 valence electrons. The van der Waals surface area contributed by atoms with Crippen LogP contribution in [-0.2, 0) is 4.79 Å². The van der Waals surface area contributed by atoms with Gasteiger partial charge < -0.3 is 9.80 Å². The van der Waals surface area contributed by atoms with Crippen LogP contribution in [0.2, 0.25) is 0 Å². The maximum absolute atomic E-state index is 14.4. The van der Waals surface area contributed by atoms with E-state index in [1.807, 2.05) is 76.7 Å². The topological polar surface area (TPSA) is 40.6 Å². The van der Waals surface area contributed by atoms with Crippen molar-refractivity contribution >= 4 is 28.8 Å². The molecule has 1 aromatic heterocycles. The number of carbonyl (C=O) groups excluding carboxylic acids is 2. The molecule has 2 aromatic carbocycles. The maximum atomic E-state index is 14.4. The van der Waals surface area contributed by atoms with Crippen LogP contribution in [0.1, 0.15) is 65.5 Å². The Morgan fingerprint density at radius 1 is 1.06 bits per heavy atom. The summed E-state index contributed by atoms with van der Waals surface area (Å²) in [4.78, 5) is 33.0. The molecule has 0 aliphatic carbocycles. The molecule has 1 aliphatic rings. The molecule has 1 aliphatic heterocycles. The summed E-state index contributed by atoms with van der Waals surface area (Å²) in [6, 6.07) is 19.5. The first-order chi connectivity index (χ1) is 15.9. The van der Waals surface area contributed by atoms with Crippen molar-refractivity contribution in [3.63, 3.8) is 0 Å². The Morgan fingerprint density at radius 3 is 2.45 bits per heavy atom. The predicted molar refractivity (Wildman–Crippen MR) is 136 cm³/mol. The Bertz CT molecular complexity index is 1120. The van der Waals surface area contributed by atoms with Gasteiger partial charge in [-0.2, -0.15) is 0 Å². The van der Waals surface area contributed by atoms with Crippen molar-refractivity contribution in [3.05, 3.63) is 87.6 Å². The number of thiophene rings is 1. The number of carbonyl (C=O) groups is 2. The number of amides is 2. The number of nitrogens with zero attached hydrogens (tertiary/aromatic N) is 2. The summed E-state index contributed by atoms with van der Waals surface area (Å²) in [5.74, 6) is -0.0964. The summed E-state index contributed by atoms with van der Waals surface area (Å²) in [6.07, 6.45) is 0.854. The summed E-state index contributed by atoms with van der Waals surface area (Å²) >= 11 is 1.62. The van der Waals surface area contributed by atoms with Crippen molar-refractivity contribution in [2.24, 2.45) is 5.92 Å². The van der Waals surface area contributed by atoms with E-state index in [2.05, 4.69) is 26.8 Å². The summed E-state index contributed by atoms with van der Waals surface area (Å²) < 4.78 is 0. The van der Waals surface area contributed by atoms with Gasteiger partial charge in [-0.05, 0) is 54.0 Å². The number of aryl methyl sites for hydroxylation is 1. The van der Waals surface area contributed by atoms with Crippen LogP contribution in [0.15, 0.2) is 66.0 Å². The van der Waals surface area contributed by atoms with Gasteiger partial charge in [-0.1, -0.05) is 63.2 Å². The van der Waals surface area contributed by atoms with Crippen molar-refractivity contribution in [1.82, 2.24) is 4.90 Å². The summed E-state index contributed by atoms with van der Waals surface area (Å²) in [5, 5.41) is 2.03. The van der Waals surface area contributed by atoms with Gasteiger partial charge >= 0.3 is 0 Å². The van der Waals surface area contributed by atoms with Crippen molar-refractivity contribution < 1.29 is 9.59 Å². The second-order valence-electron chi connectivity index (χ2n) is 9.15. The fraction of sp³-hybridized carbons (Fsp3) is 0.357. The smallest absolute Gasteiger partial charge is 0.254 e. The highest BCUT2D eigenvalue weighted by Crippen LogP contribution is 2.46. The van der Waals surface area contributed by atoms with E-state index in [1.165, 1.54) is 0 Å². The molecule has 0 saturated carbocycles. The highest BCUT2D eigenvalue weighted by molar-refractivity contribution is 7.10. The Morgan fingerprint density at radius 2 is 1.79 bits per heavy atom. The van der Waals surface area contributed by atoms with Crippen LogP contribution < -0.4 is 4.90 Å². The highest BCUT2D eigenvalue weighted by atomic mass is 32.1. The average Bonchev–Trinajstić information content (AvgIpc) is 3.33. The maximum Gasteiger partial charge on any atom is 0.254 e. The van der Waals surface area contributed by atoms with Gasteiger partial charge in [0.25, 0.3) is 5.91 Å². The molecule has 0 N–H and O–H groups in total. The standard InChI is InChI=1S/C28H32N2O2S/c1-5-16-29(23-14-9-6-11-20(23)4)28(32)25-21-12-7-8-13-22(21)27(31)30(18-19(2)3)26(25)24-15-10-17-33-24/h6-15,17,19,25-26H,5,16,18H2,1-4H3/t25-,26+/m0/s1. The first-order valence-electron chi connectivity index (χ1n) is 11.7. The molecule has 3 aromatic rings. The summed E-state index contributed by atoms with van der Waals surface area (Å²) in [6.45, 7) is 9.62. The first-order valence-corrected chi connectivity index (χ1v) is 12.6. The minimum Gasteiger partial charge on any atom is -0.329 e. The zero-order valence-corrected chi connectivity index (χ0v) is 20.6. The number of benzene rings is 2. The number of rotatable bonds is 7. The number of hydrogen-bond donors (Lipinski definition) is 0. The Labute approximate surface area is 200 Å². The van der Waals surface area contributed by atoms with E-state index < -0.39 is 5.92 Å². The van der Waals surface area contributed by atoms with Crippen LogP contribution in [0.4, 0.5) is 5.69 Å². The zero-order chi connectivity index (χ0) is 23.5. The normalized spacial score (nSPS) is 17.8. The van der Waals surface area contributed by atoms with E-state index in [-0.39, 0.29) is 17.9 Å². The summed E-state index contributed by atoms with van der Waals surface area (Å²) in [5.41, 5.74) is 3.50. The third kappa shape index (κ3) is 4.47. The molecule has 0 unspecified atom stereocenters. The monoisotopic (exact) mass is 460 g/mol.